The number of nitrogens with one attached hydrogen (secondary N) is 1. The van der Waals surface area contributed by atoms with Crippen molar-refractivity contribution in [2.75, 3.05) is 26.2 Å². The first kappa shape index (κ1) is 15.9. The third-order valence-corrected chi connectivity index (χ3v) is 6.06. The summed E-state index contributed by atoms with van der Waals surface area (Å²) in [5.41, 5.74) is 2.42. The molecule has 2 amide bonds. The van der Waals surface area contributed by atoms with E-state index < -0.39 is 0 Å². The topological polar surface area (TPSA) is 35.6 Å². The fourth-order valence-corrected chi connectivity index (χ4v) is 4.28. The fraction of sp³-hybridized carbons (Fsp3) is 0.650. The predicted molar refractivity (Wildman–Crippen MR) is 96.0 cm³/mol. The Morgan fingerprint density at radius 1 is 1.08 bits per heavy atom. The molecule has 1 aromatic carbocycles. The average Bonchev–Trinajstić information content (AvgIpc) is 3.21. The molecule has 3 aliphatic rings. The van der Waals surface area contributed by atoms with Crippen molar-refractivity contribution in [3.05, 3.63) is 35.4 Å². The highest BCUT2D eigenvalue weighted by molar-refractivity contribution is 5.76. The molecule has 4 nitrogen and oxygen atoms in total. The lowest BCUT2D eigenvalue weighted by atomic mass is 10.0. The molecule has 0 spiro atoms. The average molecular weight is 327 g/mol. The molecule has 1 atom stereocenters. The molecule has 1 aliphatic carbocycles. The molecule has 4 heteroatoms. The molecule has 130 valence electrons. The van der Waals surface area contributed by atoms with Gasteiger partial charge in [-0.15, -0.1) is 0 Å². The lowest BCUT2D eigenvalue weighted by Crippen LogP contribution is -2.46. The van der Waals surface area contributed by atoms with Crippen molar-refractivity contribution in [3.63, 3.8) is 0 Å². The Hall–Kier alpha value is -1.55. The molecule has 1 N–H and O–H groups in total. The van der Waals surface area contributed by atoms with Gasteiger partial charge >= 0.3 is 6.03 Å². The zero-order chi connectivity index (χ0) is 16.6. The Kier molecular flexibility index (Phi) is 4.25. The van der Waals surface area contributed by atoms with Gasteiger partial charge in [-0.05, 0) is 57.7 Å². The molecule has 0 bridgehead atoms. The van der Waals surface area contributed by atoms with Gasteiger partial charge in [0.1, 0.15) is 0 Å². The van der Waals surface area contributed by atoms with Crippen molar-refractivity contribution in [2.24, 2.45) is 0 Å². The third kappa shape index (κ3) is 3.16. The highest BCUT2D eigenvalue weighted by Gasteiger charge is 2.46. The quantitative estimate of drug-likeness (QED) is 0.925. The van der Waals surface area contributed by atoms with Crippen LogP contribution in [-0.2, 0) is 5.54 Å². The maximum Gasteiger partial charge on any atom is 0.318 e. The Morgan fingerprint density at radius 2 is 1.79 bits per heavy atom. The predicted octanol–water partition coefficient (Wildman–Crippen LogP) is 3.25. The number of aryl methyl sites for hydroxylation is 1. The minimum absolute atomic E-state index is 0.103. The van der Waals surface area contributed by atoms with E-state index in [0.29, 0.717) is 6.04 Å². The standard InChI is InChI=1S/C20H29N3O/c1-16-5-7-17(8-6-16)20(10-11-20)21-19(24)23-14-9-18(15-23)22-12-3-2-4-13-22/h5-8,18H,2-4,9-15H2,1H3,(H,21,24)/t18-/m0/s1. The molecular weight excluding hydrogens is 298 g/mol. The summed E-state index contributed by atoms with van der Waals surface area (Å²) in [6, 6.07) is 9.33. The molecule has 2 heterocycles. The Morgan fingerprint density at radius 3 is 2.46 bits per heavy atom. The van der Waals surface area contributed by atoms with E-state index in [-0.39, 0.29) is 11.6 Å². The highest BCUT2D eigenvalue weighted by Crippen LogP contribution is 2.45. The molecule has 1 aromatic rings. The van der Waals surface area contributed by atoms with Crippen LogP contribution in [0.25, 0.3) is 0 Å². The number of piperidine rings is 1. The monoisotopic (exact) mass is 327 g/mol. The number of hydrogen-bond acceptors (Lipinski definition) is 2. The number of carbonyl (C=O) groups is 1. The summed E-state index contributed by atoms with van der Waals surface area (Å²) >= 11 is 0. The number of urea groups is 1. The smallest absolute Gasteiger partial charge is 0.318 e. The van der Waals surface area contributed by atoms with Crippen molar-refractivity contribution in [2.45, 2.75) is 57.0 Å². The van der Waals surface area contributed by atoms with E-state index in [0.717, 1.165) is 32.4 Å². The van der Waals surface area contributed by atoms with Crippen LogP contribution in [0.4, 0.5) is 4.79 Å². The molecule has 2 aliphatic heterocycles. The molecule has 0 radical (unpaired) electrons. The van der Waals surface area contributed by atoms with Crippen LogP contribution in [0.15, 0.2) is 24.3 Å². The molecule has 4 rings (SSSR count). The first-order valence-corrected chi connectivity index (χ1v) is 9.55. The van der Waals surface area contributed by atoms with Gasteiger partial charge in [-0.2, -0.15) is 0 Å². The van der Waals surface area contributed by atoms with E-state index in [9.17, 15) is 4.79 Å². The minimum atomic E-state index is -0.103. The van der Waals surface area contributed by atoms with Crippen molar-refractivity contribution >= 4 is 6.03 Å². The summed E-state index contributed by atoms with van der Waals surface area (Å²) in [7, 11) is 0. The summed E-state index contributed by atoms with van der Waals surface area (Å²) in [4.78, 5) is 17.4. The number of benzene rings is 1. The summed E-state index contributed by atoms with van der Waals surface area (Å²) < 4.78 is 0. The first-order chi connectivity index (χ1) is 11.7. The van der Waals surface area contributed by atoms with Gasteiger partial charge in [0, 0.05) is 19.1 Å². The zero-order valence-electron chi connectivity index (χ0n) is 14.8. The molecule has 0 unspecified atom stereocenters. The molecule has 2 saturated heterocycles. The summed E-state index contributed by atoms with van der Waals surface area (Å²) in [6.45, 7) is 6.33. The van der Waals surface area contributed by atoms with Crippen molar-refractivity contribution in [1.29, 1.82) is 0 Å². The van der Waals surface area contributed by atoms with Gasteiger partial charge in [-0.1, -0.05) is 36.2 Å². The number of nitrogens with zero attached hydrogens (tertiary/aromatic N) is 2. The summed E-state index contributed by atoms with van der Waals surface area (Å²) in [5.74, 6) is 0. The first-order valence-electron chi connectivity index (χ1n) is 9.55. The van der Waals surface area contributed by atoms with E-state index in [2.05, 4.69) is 41.4 Å². The SMILES string of the molecule is Cc1ccc(C2(NC(=O)N3CC[C@H](N4CCCCC4)C3)CC2)cc1. The van der Waals surface area contributed by atoms with Crippen LogP contribution in [0, 0.1) is 6.92 Å². The summed E-state index contributed by atoms with van der Waals surface area (Å²) in [5, 5.41) is 3.34. The van der Waals surface area contributed by atoms with Gasteiger partial charge in [-0.25, -0.2) is 4.79 Å². The maximum atomic E-state index is 12.8. The number of likely N-dealkylation sites (tertiary alicyclic amines) is 2. The van der Waals surface area contributed by atoms with E-state index in [4.69, 9.17) is 0 Å². The number of hydrogen-bond donors (Lipinski definition) is 1. The Bertz CT molecular complexity index is 587. The second kappa shape index (κ2) is 6.40. The van der Waals surface area contributed by atoms with Gasteiger partial charge in [0.05, 0.1) is 5.54 Å². The fourth-order valence-electron chi connectivity index (χ4n) is 4.28. The van der Waals surface area contributed by atoms with Gasteiger partial charge in [0.2, 0.25) is 0 Å². The Labute approximate surface area is 145 Å². The largest absolute Gasteiger partial charge is 0.328 e. The lowest BCUT2D eigenvalue weighted by molar-refractivity contribution is 0.160. The molecule has 3 fully saturated rings. The number of carbonyl (C=O) groups excluding carboxylic acids is 1. The van der Waals surface area contributed by atoms with E-state index >= 15 is 0 Å². The van der Waals surface area contributed by atoms with Gasteiger partial charge in [-0.3, -0.25) is 4.90 Å². The van der Waals surface area contributed by atoms with Crippen molar-refractivity contribution < 1.29 is 4.79 Å². The second-order valence-corrected chi connectivity index (χ2v) is 7.86. The van der Waals surface area contributed by atoms with Crippen LogP contribution >= 0.6 is 0 Å². The van der Waals surface area contributed by atoms with Crippen LogP contribution in [0.2, 0.25) is 0 Å². The molecule has 1 saturated carbocycles. The van der Waals surface area contributed by atoms with Crippen LogP contribution in [0.3, 0.4) is 0 Å². The molecule has 24 heavy (non-hydrogen) atoms. The van der Waals surface area contributed by atoms with Crippen molar-refractivity contribution in [3.8, 4) is 0 Å². The highest BCUT2D eigenvalue weighted by atomic mass is 16.2. The van der Waals surface area contributed by atoms with Crippen molar-refractivity contribution in [1.82, 2.24) is 15.1 Å². The second-order valence-electron chi connectivity index (χ2n) is 7.86. The van der Waals surface area contributed by atoms with Gasteiger partial charge in [0.15, 0.2) is 0 Å². The number of amides is 2. The van der Waals surface area contributed by atoms with E-state index in [1.165, 1.54) is 43.5 Å². The van der Waals surface area contributed by atoms with Crippen LogP contribution in [0.1, 0.15) is 49.7 Å². The van der Waals surface area contributed by atoms with Crippen LogP contribution in [0.5, 0.6) is 0 Å². The minimum Gasteiger partial charge on any atom is -0.328 e. The van der Waals surface area contributed by atoms with E-state index in [1.807, 2.05) is 4.90 Å². The lowest BCUT2D eigenvalue weighted by Gasteiger charge is -2.32. The van der Waals surface area contributed by atoms with E-state index in [1.54, 1.807) is 0 Å². The maximum absolute atomic E-state index is 12.8. The normalized spacial score (nSPS) is 26.4. The van der Waals surface area contributed by atoms with Gasteiger partial charge in [0.25, 0.3) is 0 Å². The van der Waals surface area contributed by atoms with Crippen LogP contribution < -0.4 is 5.32 Å². The third-order valence-electron chi connectivity index (χ3n) is 6.06. The Balaban J connectivity index is 1.36. The molecular formula is C20H29N3O. The zero-order valence-corrected chi connectivity index (χ0v) is 14.8. The summed E-state index contributed by atoms with van der Waals surface area (Å²) in [6.07, 6.45) is 7.26. The van der Waals surface area contributed by atoms with Gasteiger partial charge < -0.3 is 10.2 Å². The molecule has 0 aromatic heterocycles. The van der Waals surface area contributed by atoms with Crippen LogP contribution in [-0.4, -0.2) is 48.1 Å². The number of rotatable bonds is 3.